The Morgan fingerprint density at radius 2 is 2.06 bits per heavy atom. The Labute approximate surface area is 119 Å². The Kier molecular flexibility index (Phi) is 4.28. The molecule has 0 aromatic carbocycles. The lowest BCUT2D eigenvalue weighted by molar-refractivity contribution is 0.113. The maximum Gasteiger partial charge on any atom is 0.246 e. The first-order chi connectivity index (χ1) is 8.41. The molecule has 1 aromatic rings. The summed E-state index contributed by atoms with van der Waals surface area (Å²) in [6.45, 7) is 0.596. The van der Waals surface area contributed by atoms with Gasteiger partial charge in [0.05, 0.1) is 6.10 Å². The van der Waals surface area contributed by atoms with Crippen LogP contribution in [0.25, 0.3) is 0 Å². The zero-order valence-electron chi connectivity index (χ0n) is 9.38. The number of rotatable bonds is 2. The lowest BCUT2D eigenvalue weighted by Crippen LogP contribution is -2.40. The summed E-state index contributed by atoms with van der Waals surface area (Å²) in [5.41, 5.74) is 0. The molecular weight excluding hydrogens is 344 g/mol. The fraction of sp³-hybridized carbons (Fsp3) is 0.500. The van der Waals surface area contributed by atoms with Gasteiger partial charge in [0.25, 0.3) is 0 Å². The van der Waals surface area contributed by atoms with Gasteiger partial charge < -0.3 is 5.11 Å². The molecule has 2 heterocycles. The van der Waals surface area contributed by atoms with Crippen molar-refractivity contribution >= 4 is 37.6 Å². The minimum Gasteiger partial charge on any atom is -0.393 e. The van der Waals surface area contributed by atoms with Gasteiger partial charge in [-0.3, -0.25) is 0 Å². The van der Waals surface area contributed by atoms with E-state index in [1.165, 1.54) is 16.6 Å². The van der Waals surface area contributed by atoms with E-state index in [1.807, 2.05) is 0 Å². The van der Waals surface area contributed by atoms with Crippen molar-refractivity contribution in [2.45, 2.75) is 23.8 Å². The number of piperidine rings is 1. The predicted octanol–water partition coefficient (Wildman–Crippen LogP) is 1.64. The maximum atomic E-state index is 12.4. The first-order valence-corrected chi connectivity index (χ1v) is 8.01. The molecule has 1 N–H and O–H groups in total. The second-order valence-electron chi connectivity index (χ2n) is 4.08. The third-order valence-electron chi connectivity index (χ3n) is 2.81. The number of aromatic nitrogens is 1. The molecule has 5 nitrogen and oxygen atoms in total. The molecule has 8 heteroatoms. The van der Waals surface area contributed by atoms with E-state index < -0.39 is 16.1 Å². The molecule has 0 amide bonds. The van der Waals surface area contributed by atoms with E-state index in [0.717, 1.165) is 0 Å². The van der Waals surface area contributed by atoms with E-state index in [1.54, 1.807) is 0 Å². The first-order valence-electron chi connectivity index (χ1n) is 5.40. The lowest BCUT2D eigenvalue weighted by Gasteiger charge is -2.28. The first kappa shape index (κ1) is 14.2. The Morgan fingerprint density at radius 1 is 1.44 bits per heavy atom. The van der Waals surface area contributed by atoms with Crippen molar-refractivity contribution in [1.29, 1.82) is 0 Å². The van der Waals surface area contributed by atoms with Crippen LogP contribution in [0, 0.1) is 0 Å². The van der Waals surface area contributed by atoms with E-state index in [2.05, 4.69) is 20.9 Å². The van der Waals surface area contributed by atoms with Crippen LogP contribution >= 0.6 is 27.5 Å². The molecule has 2 rings (SSSR count). The summed E-state index contributed by atoms with van der Waals surface area (Å²) in [6, 6.07) is 1.44. The van der Waals surface area contributed by atoms with E-state index in [-0.39, 0.29) is 10.0 Å². The molecule has 1 aliphatic rings. The zero-order chi connectivity index (χ0) is 13.3. The van der Waals surface area contributed by atoms with Gasteiger partial charge in [-0.1, -0.05) is 11.6 Å². The van der Waals surface area contributed by atoms with Gasteiger partial charge in [0.1, 0.15) is 10.0 Å². The van der Waals surface area contributed by atoms with Crippen molar-refractivity contribution in [1.82, 2.24) is 9.29 Å². The Bertz CT molecular complexity index is 544. The number of halogens is 2. The van der Waals surface area contributed by atoms with Crippen molar-refractivity contribution in [3.63, 3.8) is 0 Å². The van der Waals surface area contributed by atoms with Crippen LogP contribution < -0.4 is 0 Å². The summed E-state index contributed by atoms with van der Waals surface area (Å²) in [4.78, 5) is 3.81. The van der Waals surface area contributed by atoms with Gasteiger partial charge in [-0.15, -0.1) is 0 Å². The van der Waals surface area contributed by atoms with Crippen LogP contribution in [0.15, 0.2) is 21.6 Å². The number of sulfonamides is 1. The lowest BCUT2D eigenvalue weighted by atomic mass is 10.1. The molecule has 1 saturated heterocycles. The Hall–Kier alpha value is -0.210. The summed E-state index contributed by atoms with van der Waals surface area (Å²) in [7, 11) is -3.64. The highest BCUT2D eigenvalue weighted by Crippen LogP contribution is 2.27. The topological polar surface area (TPSA) is 70.5 Å². The van der Waals surface area contributed by atoms with Crippen LogP contribution in [0.5, 0.6) is 0 Å². The molecule has 0 aliphatic carbocycles. The van der Waals surface area contributed by atoms with Crippen LogP contribution in [0.1, 0.15) is 12.8 Å². The number of aliphatic hydroxyl groups excluding tert-OH is 1. The largest absolute Gasteiger partial charge is 0.393 e. The summed E-state index contributed by atoms with van der Waals surface area (Å²) < 4.78 is 26.6. The highest BCUT2D eigenvalue weighted by atomic mass is 79.9. The summed E-state index contributed by atoms with van der Waals surface area (Å²) in [6.07, 6.45) is 1.91. The number of hydrogen-bond acceptors (Lipinski definition) is 4. The molecule has 1 fully saturated rings. The standard InChI is InChI=1S/C10H12BrClN2O3S/c11-7-5-9(10(12)13-6-7)18(16,17)14-3-1-8(15)2-4-14/h5-6,8,15H,1-4H2. The maximum absolute atomic E-state index is 12.4. The second-order valence-corrected chi connectivity index (χ2v) is 7.26. The van der Waals surface area contributed by atoms with Gasteiger partial charge in [0, 0.05) is 23.8 Å². The third kappa shape index (κ3) is 2.85. The Balaban J connectivity index is 2.33. The minimum absolute atomic E-state index is 0.00469. The summed E-state index contributed by atoms with van der Waals surface area (Å²) >= 11 is 9.02. The van der Waals surface area contributed by atoms with Crippen molar-refractivity contribution in [3.05, 3.63) is 21.9 Å². The average molecular weight is 356 g/mol. The highest BCUT2D eigenvalue weighted by Gasteiger charge is 2.30. The van der Waals surface area contributed by atoms with Crippen molar-refractivity contribution in [2.75, 3.05) is 13.1 Å². The van der Waals surface area contributed by atoms with Gasteiger partial charge in [-0.2, -0.15) is 4.31 Å². The quantitative estimate of drug-likeness (QED) is 0.819. The number of pyridine rings is 1. The number of hydrogen-bond donors (Lipinski definition) is 1. The van der Waals surface area contributed by atoms with E-state index in [4.69, 9.17) is 11.6 Å². The van der Waals surface area contributed by atoms with Crippen LogP contribution in [0.2, 0.25) is 5.15 Å². The van der Waals surface area contributed by atoms with E-state index in [0.29, 0.717) is 30.4 Å². The van der Waals surface area contributed by atoms with Gasteiger partial charge in [0.15, 0.2) is 0 Å². The summed E-state index contributed by atoms with van der Waals surface area (Å²) in [5, 5.41) is 9.36. The van der Waals surface area contributed by atoms with Crippen LogP contribution in [0.4, 0.5) is 0 Å². The summed E-state index contributed by atoms with van der Waals surface area (Å²) in [5.74, 6) is 0. The minimum atomic E-state index is -3.64. The second kappa shape index (κ2) is 5.42. The molecule has 0 atom stereocenters. The van der Waals surface area contributed by atoms with Crippen LogP contribution in [-0.2, 0) is 10.0 Å². The average Bonchev–Trinajstić information content (AvgIpc) is 2.32. The fourth-order valence-corrected chi connectivity index (χ4v) is 4.20. The molecule has 0 bridgehead atoms. The van der Waals surface area contributed by atoms with E-state index in [9.17, 15) is 13.5 Å². The number of aliphatic hydroxyl groups is 1. The van der Waals surface area contributed by atoms with E-state index >= 15 is 0 Å². The Morgan fingerprint density at radius 3 is 2.67 bits per heavy atom. The SMILES string of the molecule is O=S(=O)(c1cc(Br)cnc1Cl)N1CCC(O)CC1. The zero-order valence-corrected chi connectivity index (χ0v) is 12.5. The molecular formula is C10H12BrClN2O3S. The smallest absolute Gasteiger partial charge is 0.246 e. The molecule has 0 saturated carbocycles. The molecule has 0 spiro atoms. The molecule has 0 unspecified atom stereocenters. The van der Waals surface area contributed by atoms with Gasteiger partial charge in [-0.25, -0.2) is 13.4 Å². The van der Waals surface area contributed by atoms with Crippen molar-refractivity contribution in [2.24, 2.45) is 0 Å². The molecule has 100 valence electrons. The van der Waals surface area contributed by atoms with Crippen LogP contribution in [0.3, 0.4) is 0 Å². The molecule has 18 heavy (non-hydrogen) atoms. The van der Waals surface area contributed by atoms with Crippen molar-refractivity contribution in [3.8, 4) is 0 Å². The van der Waals surface area contributed by atoms with Gasteiger partial charge >= 0.3 is 0 Å². The molecule has 1 aliphatic heterocycles. The highest BCUT2D eigenvalue weighted by molar-refractivity contribution is 9.10. The monoisotopic (exact) mass is 354 g/mol. The number of nitrogens with zero attached hydrogens (tertiary/aromatic N) is 2. The van der Waals surface area contributed by atoms with Gasteiger partial charge in [-0.05, 0) is 34.8 Å². The molecule has 1 aromatic heterocycles. The fourth-order valence-electron chi connectivity index (χ4n) is 1.81. The van der Waals surface area contributed by atoms with Crippen molar-refractivity contribution < 1.29 is 13.5 Å². The normalized spacial score (nSPS) is 19.1. The predicted molar refractivity (Wildman–Crippen MR) is 70.9 cm³/mol. The van der Waals surface area contributed by atoms with Crippen LogP contribution in [-0.4, -0.2) is 42.0 Å². The molecule has 0 radical (unpaired) electrons. The van der Waals surface area contributed by atoms with Gasteiger partial charge in [0.2, 0.25) is 10.0 Å². The third-order valence-corrected chi connectivity index (χ3v) is 5.57.